The molecule has 0 aliphatic carbocycles. The molecule has 0 aliphatic heterocycles. The summed E-state index contributed by atoms with van der Waals surface area (Å²) < 4.78 is 5.27. The summed E-state index contributed by atoms with van der Waals surface area (Å²) in [6.07, 6.45) is 0. The van der Waals surface area contributed by atoms with E-state index in [9.17, 15) is 4.79 Å². The molecule has 0 radical (unpaired) electrons. The van der Waals surface area contributed by atoms with Crippen LogP contribution in [0, 0.1) is 0 Å². The number of hydrogen-bond acceptors (Lipinski definition) is 4. The Morgan fingerprint density at radius 2 is 1.69 bits per heavy atom. The monoisotopic (exact) mass is 463 g/mol. The van der Waals surface area contributed by atoms with Gasteiger partial charge in [0.25, 0.3) is 5.91 Å². The van der Waals surface area contributed by atoms with Crippen LogP contribution in [0.25, 0.3) is 22.5 Å². The van der Waals surface area contributed by atoms with Crippen LogP contribution in [0.3, 0.4) is 0 Å². The largest absolute Gasteiger partial charge is 0.497 e. The van der Waals surface area contributed by atoms with Gasteiger partial charge in [0.1, 0.15) is 5.75 Å². The van der Waals surface area contributed by atoms with Crippen molar-refractivity contribution in [3.8, 4) is 28.3 Å². The molecule has 0 atom stereocenters. The lowest BCUT2D eigenvalue weighted by Gasteiger charge is -2.05. The highest BCUT2D eigenvalue weighted by Crippen LogP contribution is 2.34. The second-order valence-electron chi connectivity index (χ2n) is 6.97. The minimum Gasteiger partial charge on any atom is -0.497 e. The van der Waals surface area contributed by atoms with Gasteiger partial charge in [-0.15, -0.1) is 0 Å². The number of imidazole rings is 1. The van der Waals surface area contributed by atoms with Crippen molar-refractivity contribution >= 4 is 29.3 Å². The topological polar surface area (TPSA) is 67.0 Å². The molecular weight excluding hydrogens is 442 g/mol. The summed E-state index contributed by atoms with van der Waals surface area (Å²) in [5.74, 6) is 1.40. The van der Waals surface area contributed by atoms with Gasteiger partial charge in [-0.1, -0.05) is 53.7 Å². The third kappa shape index (κ3) is 5.33. The highest BCUT2D eigenvalue weighted by atomic mass is 35.5. The molecule has 0 bridgehead atoms. The number of thioether (sulfide) groups is 1. The van der Waals surface area contributed by atoms with E-state index in [4.69, 9.17) is 21.3 Å². The van der Waals surface area contributed by atoms with Crippen molar-refractivity contribution in [2.45, 2.75) is 5.16 Å². The third-order valence-electron chi connectivity index (χ3n) is 4.84. The van der Waals surface area contributed by atoms with Crippen molar-refractivity contribution in [1.29, 1.82) is 0 Å². The Kier molecular flexibility index (Phi) is 7.14. The number of nitrogens with one attached hydrogen (secondary N) is 2. The van der Waals surface area contributed by atoms with Crippen molar-refractivity contribution in [3.05, 3.63) is 89.4 Å². The maximum Gasteiger partial charge on any atom is 0.251 e. The lowest BCUT2D eigenvalue weighted by atomic mass is 10.1. The van der Waals surface area contributed by atoms with Gasteiger partial charge in [-0.3, -0.25) is 4.79 Å². The predicted molar refractivity (Wildman–Crippen MR) is 131 cm³/mol. The maximum absolute atomic E-state index is 12.2. The van der Waals surface area contributed by atoms with Crippen LogP contribution in [0.2, 0.25) is 5.02 Å². The zero-order valence-electron chi connectivity index (χ0n) is 17.5. The minimum absolute atomic E-state index is 0.0774. The van der Waals surface area contributed by atoms with Gasteiger partial charge in [0, 0.05) is 34.0 Å². The summed E-state index contributed by atoms with van der Waals surface area (Å²) in [5.41, 5.74) is 4.41. The molecule has 0 saturated carbocycles. The van der Waals surface area contributed by atoms with Crippen LogP contribution in [0.5, 0.6) is 5.75 Å². The number of hydrogen-bond donors (Lipinski definition) is 2. The van der Waals surface area contributed by atoms with Crippen LogP contribution in [0.4, 0.5) is 0 Å². The van der Waals surface area contributed by atoms with Gasteiger partial charge < -0.3 is 15.0 Å². The van der Waals surface area contributed by atoms with Crippen LogP contribution in [-0.4, -0.2) is 35.3 Å². The summed E-state index contributed by atoms with van der Waals surface area (Å²) in [6.45, 7) is 0.535. The van der Waals surface area contributed by atoms with Gasteiger partial charge in [0.15, 0.2) is 5.16 Å². The summed E-state index contributed by atoms with van der Waals surface area (Å²) in [6, 6.07) is 24.7. The molecule has 0 fully saturated rings. The van der Waals surface area contributed by atoms with E-state index in [1.807, 2.05) is 66.7 Å². The molecule has 7 heteroatoms. The SMILES string of the molecule is COc1ccc(-c2nc(SCCNC(=O)c3ccccc3)[nH]c2-c2ccc(Cl)cc2)cc1. The van der Waals surface area contributed by atoms with Crippen molar-refractivity contribution in [2.24, 2.45) is 0 Å². The summed E-state index contributed by atoms with van der Waals surface area (Å²) in [5, 5.41) is 4.41. The minimum atomic E-state index is -0.0774. The fourth-order valence-corrected chi connectivity index (χ4v) is 4.06. The number of carbonyl (C=O) groups excluding carboxylic acids is 1. The van der Waals surface area contributed by atoms with E-state index in [-0.39, 0.29) is 5.91 Å². The first-order valence-electron chi connectivity index (χ1n) is 10.1. The summed E-state index contributed by atoms with van der Waals surface area (Å²) >= 11 is 7.63. The Bertz CT molecular complexity index is 1180. The first-order chi connectivity index (χ1) is 15.6. The molecule has 1 aromatic heterocycles. The van der Waals surface area contributed by atoms with Gasteiger partial charge in [0.05, 0.1) is 18.5 Å². The van der Waals surface area contributed by atoms with E-state index in [1.54, 1.807) is 31.0 Å². The van der Waals surface area contributed by atoms with Crippen LogP contribution in [-0.2, 0) is 0 Å². The normalized spacial score (nSPS) is 10.7. The zero-order valence-corrected chi connectivity index (χ0v) is 19.0. The number of rotatable bonds is 8. The lowest BCUT2D eigenvalue weighted by molar-refractivity contribution is 0.0956. The van der Waals surface area contributed by atoms with E-state index in [0.717, 1.165) is 33.4 Å². The number of halogens is 1. The van der Waals surface area contributed by atoms with Gasteiger partial charge in [0.2, 0.25) is 0 Å². The number of carbonyl (C=O) groups is 1. The molecule has 1 amide bonds. The first kappa shape index (κ1) is 22.0. The van der Waals surface area contributed by atoms with Crippen molar-refractivity contribution in [3.63, 3.8) is 0 Å². The second-order valence-corrected chi connectivity index (χ2v) is 8.49. The molecule has 0 saturated heterocycles. The van der Waals surface area contributed by atoms with E-state index >= 15 is 0 Å². The van der Waals surface area contributed by atoms with Gasteiger partial charge >= 0.3 is 0 Å². The molecular formula is C25H22ClN3O2S. The molecule has 4 rings (SSSR count). The fourth-order valence-electron chi connectivity index (χ4n) is 3.21. The predicted octanol–water partition coefficient (Wildman–Crippen LogP) is 5.93. The number of amides is 1. The van der Waals surface area contributed by atoms with E-state index in [1.165, 1.54) is 0 Å². The highest BCUT2D eigenvalue weighted by molar-refractivity contribution is 7.99. The molecule has 0 aliphatic rings. The Morgan fingerprint density at radius 3 is 2.38 bits per heavy atom. The zero-order chi connectivity index (χ0) is 22.3. The first-order valence-corrected chi connectivity index (χ1v) is 11.5. The average Bonchev–Trinajstić information content (AvgIpc) is 3.27. The molecule has 0 spiro atoms. The van der Waals surface area contributed by atoms with Gasteiger partial charge in [-0.2, -0.15) is 0 Å². The number of nitrogens with zero attached hydrogens (tertiary/aromatic N) is 1. The smallest absolute Gasteiger partial charge is 0.251 e. The van der Waals surface area contributed by atoms with Gasteiger partial charge in [-0.25, -0.2) is 4.98 Å². The molecule has 1 heterocycles. The molecule has 2 N–H and O–H groups in total. The number of H-pyrrole nitrogens is 1. The molecule has 32 heavy (non-hydrogen) atoms. The molecule has 5 nitrogen and oxygen atoms in total. The molecule has 3 aromatic carbocycles. The third-order valence-corrected chi connectivity index (χ3v) is 5.97. The number of benzene rings is 3. The van der Waals surface area contributed by atoms with Crippen LogP contribution in [0.1, 0.15) is 10.4 Å². The van der Waals surface area contributed by atoms with Crippen molar-refractivity contribution in [2.75, 3.05) is 19.4 Å². The van der Waals surface area contributed by atoms with E-state index in [2.05, 4.69) is 10.3 Å². The average molecular weight is 464 g/mol. The van der Waals surface area contributed by atoms with Crippen molar-refractivity contribution < 1.29 is 9.53 Å². The fraction of sp³-hybridized carbons (Fsp3) is 0.120. The molecule has 0 unspecified atom stereocenters. The Labute approximate surface area is 196 Å². The Balaban J connectivity index is 1.49. The highest BCUT2D eigenvalue weighted by Gasteiger charge is 2.15. The lowest BCUT2D eigenvalue weighted by Crippen LogP contribution is -2.25. The van der Waals surface area contributed by atoms with Gasteiger partial charge in [-0.05, 0) is 48.5 Å². The standard InChI is InChI=1S/C25H22ClN3O2S/c1-31-21-13-9-18(10-14-21)23-22(17-7-11-20(26)12-8-17)28-25(29-23)32-16-15-27-24(30)19-5-3-2-4-6-19/h2-14H,15-16H2,1H3,(H,27,30)(H,28,29). The van der Waals surface area contributed by atoms with E-state index in [0.29, 0.717) is 22.9 Å². The number of aromatic nitrogens is 2. The van der Waals surface area contributed by atoms with Crippen LogP contribution < -0.4 is 10.1 Å². The second kappa shape index (κ2) is 10.4. The maximum atomic E-state index is 12.2. The van der Waals surface area contributed by atoms with Crippen LogP contribution in [0.15, 0.2) is 84.0 Å². The Morgan fingerprint density at radius 1 is 1.00 bits per heavy atom. The summed E-state index contributed by atoms with van der Waals surface area (Å²) in [7, 11) is 1.65. The summed E-state index contributed by atoms with van der Waals surface area (Å²) in [4.78, 5) is 20.5. The molecule has 4 aromatic rings. The van der Waals surface area contributed by atoms with Crippen LogP contribution >= 0.6 is 23.4 Å². The molecule has 162 valence electrons. The number of methoxy groups -OCH3 is 1. The number of aromatic amines is 1. The Hall–Kier alpha value is -3.22. The quantitative estimate of drug-likeness (QED) is 0.251. The van der Waals surface area contributed by atoms with Crippen molar-refractivity contribution in [1.82, 2.24) is 15.3 Å². The number of ether oxygens (including phenoxy) is 1. The van der Waals surface area contributed by atoms with E-state index < -0.39 is 0 Å².